The van der Waals surface area contributed by atoms with E-state index in [9.17, 15) is 10.1 Å². The molecule has 0 saturated carbocycles. The van der Waals surface area contributed by atoms with Crippen LogP contribution in [-0.2, 0) is 5.75 Å². The van der Waals surface area contributed by atoms with Crippen LogP contribution >= 0.6 is 11.8 Å². The summed E-state index contributed by atoms with van der Waals surface area (Å²) in [6, 6.07) is 16.9. The highest BCUT2D eigenvalue weighted by Crippen LogP contribution is 2.26. The highest BCUT2D eigenvalue weighted by molar-refractivity contribution is 7.98. The molecule has 3 rings (SSSR count). The summed E-state index contributed by atoms with van der Waals surface area (Å²) in [5.41, 5.74) is 2.47. The summed E-state index contributed by atoms with van der Waals surface area (Å²) < 4.78 is 5.23. The maximum Gasteiger partial charge on any atom is 0.270 e. The van der Waals surface area contributed by atoms with Gasteiger partial charge in [-0.25, -0.2) is 10.8 Å². The van der Waals surface area contributed by atoms with Crippen LogP contribution in [0.1, 0.15) is 11.1 Å². The largest absolute Gasteiger partial charge is 0.497 e. The minimum Gasteiger partial charge on any atom is -0.497 e. The number of nitrogens with zero attached hydrogens (tertiary/aromatic N) is 3. The van der Waals surface area contributed by atoms with Crippen molar-refractivity contribution < 1.29 is 4.74 Å². The first-order chi connectivity index (χ1) is 13.5. The van der Waals surface area contributed by atoms with Crippen molar-refractivity contribution in [1.82, 2.24) is 9.97 Å². The van der Waals surface area contributed by atoms with Crippen LogP contribution in [0, 0.1) is 11.3 Å². The molecule has 0 atom stereocenters. The van der Waals surface area contributed by atoms with Crippen molar-refractivity contribution >= 4 is 17.4 Å². The van der Waals surface area contributed by atoms with Gasteiger partial charge in [-0.3, -0.25) is 4.79 Å². The number of rotatable bonds is 6. The Morgan fingerprint density at radius 1 is 1.29 bits per heavy atom. The van der Waals surface area contributed by atoms with Gasteiger partial charge in [-0.05, 0) is 29.8 Å². The van der Waals surface area contributed by atoms with Gasteiger partial charge in [0.05, 0.1) is 18.5 Å². The molecule has 0 amide bonds. The monoisotopic (exact) mass is 393 g/mol. The van der Waals surface area contributed by atoms with Gasteiger partial charge >= 0.3 is 0 Å². The van der Waals surface area contributed by atoms with Gasteiger partial charge in [0.1, 0.15) is 17.4 Å². The molecule has 0 spiro atoms. The number of nitrogens with two attached hydrogens (primary N) is 1. The number of nitrogens with one attached hydrogen (secondary N) is 1. The van der Waals surface area contributed by atoms with Crippen molar-refractivity contribution in [3.8, 4) is 23.1 Å². The lowest BCUT2D eigenvalue weighted by molar-refractivity contribution is 0.415. The second-order valence-corrected chi connectivity index (χ2v) is 6.97. The zero-order valence-corrected chi connectivity index (χ0v) is 16.3. The van der Waals surface area contributed by atoms with Gasteiger partial charge in [-0.15, -0.1) is 0 Å². The van der Waals surface area contributed by atoms with E-state index in [1.165, 1.54) is 16.8 Å². The first kappa shape index (κ1) is 19.5. The van der Waals surface area contributed by atoms with E-state index >= 15 is 0 Å². The number of aromatic nitrogens is 2. The van der Waals surface area contributed by atoms with Crippen molar-refractivity contribution in [2.45, 2.75) is 10.9 Å². The standard InChI is InChI=1S/C20H19N5O2S/c1-25(22)15-8-6-13(7-9-15)12-28-20-23-18(17(11-21)19(26)24-20)14-4-3-5-16(10-14)27-2/h3-10H,12,22H2,1-2H3,(H,23,24,26). The van der Waals surface area contributed by atoms with Gasteiger partial charge in [0.25, 0.3) is 5.56 Å². The lowest BCUT2D eigenvalue weighted by atomic mass is 10.1. The van der Waals surface area contributed by atoms with Crippen LogP contribution in [0.25, 0.3) is 11.3 Å². The van der Waals surface area contributed by atoms with Gasteiger partial charge in [-0.1, -0.05) is 36.0 Å². The highest BCUT2D eigenvalue weighted by atomic mass is 32.2. The summed E-state index contributed by atoms with van der Waals surface area (Å²) in [4.78, 5) is 19.6. The molecular formula is C20H19N5O2S. The van der Waals surface area contributed by atoms with Crippen molar-refractivity contribution in [2.24, 2.45) is 5.84 Å². The zero-order chi connectivity index (χ0) is 20.1. The van der Waals surface area contributed by atoms with Crippen molar-refractivity contribution in [3.63, 3.8) is 0 Å². The van der Waals surface area contributed by atoms with E-state index in [1.54, 1.807) is 38.4 Å². The molecule has 28 heavy (non-hydrogen) atoms. The molecule has 7 nitrogen and oxygen atoms in total. The molecule has 2 aromatic carbocycles. The summed E-state index contributed by atoms with van der Waals surface area (Å²) in [7, 11) is 3.33. The number of hydrazine groups is 1. The maximum atomic E-state index is 12.4. The predicted octanol–water partition coefficient (Wildman–Crippen LogP) is 2.92. The average molecular weight is 393 g/mol. The number of H-pyrrole nitrogens is 1. The summed E-state index contributed by atoms with van der Waals surface area (Å²) in [5.74, 6) is 6.95. The Kier molecular flexibility index (Phi) is 5.99. The van der Waals surface area contributed by atoms with E-state index < -0.39 is 5.56 Å². The van der Waals surface area contributed by atoms with Crippen LogP contribution in [0.4, 0.5) is 5.69 Å². The quantitative estimate of drug-likeness (QED) is 0.287. The molecule has 142 valence electrons. The Labute approximate surface area is 166 Å². The molecule has 1 aromatic heterocycles. The minimum absolute atomic E-state index is 0.0204. The number of methoxy groups -OCH3 is 1. The van der Waals surface area contributed by atoms with Crippen molar-refractivity contribution in [3.05, 3.63) is 70.0 Å². The van der Waals surface area contributed by atoms with E-state index in [4.69, 9.17) is 10.6 Å². The van der Waals surface area contributed by atoms with E-state index in [0.29, 0.717) is 27.9 Å². The molecule has 0 radical (unpaired) electrons. The smallest absolute Gasteiger partial charge is 0.270 e. The van der Waals surface area contributed by atoms with E-state index in [1.807, 2.05) is 30.3 Å². The van der Waals surface area contributed by atoms with Gasteiger partial charge in [0, 0.05) is 18.4 Å². The molecule has 0 saturated heterocycles. The molecule has 0 unspecified atom stereocenters. The van der Waals surface area contributed by atoms with Crippen LogP contribution in [0.2, 0.25) is 0 Å². The molecule has 0 bridgehead atoms. The number of ether oxygens (including phenoxy) is 1. The fraction of sp³-hybridized carbons (Fsp3) is 0.150. The second-order valence-electron chi connectivity index (χ2n) is 6.00. The van der Waals surface area contributed by atoms with Gasteiger partial charge in [0.15, 0.2) is 5.16 Å². The van der Waals surface area contributed by atoms with Gasteiger partial charge in [-0.2, -0.15) is 5.26 Å². The summed E-state index contributed by atoms with van der Waals surface area (Å²) >= 11 is 1.39. The first-order valence-corrected chi connectivity index (χ1v) is 9.39. The molecule has 0 aliphatic heterocycles. The number of thioether (sulfide) groups is 1. The normalized spacial score (nSPS) is 10.4. The van der Waals surface area contributed by atoms with Crippen molar-refractivity contribution in [2.75, 3.05) is 19.2 Å². The molecule has 1 heterocycles. The second kappa shape index (κ2) is 8.61. The van der Waals surface area contributed by atoms with Gasteiger partial charge in [0.2, 0.25) is 0 Å². The van der Waals surface area contributed by atoms with Crippen LogP contribution in [0.15, 0.2) is 58.5 Å². The van der Waals surface area contributed by atoms with Crippen LogP contribution in [0.3, 0.4) is 0 Å². The third-order valence-corrected chi connectivity index (χ3v) is 5.02. The molecule has 0 aliphatic rings. The number of hydrogen-bond acceptors (Lipinski definition) is 7. The third kappa shape index (κ3) is 4.34. The predicted molar refractivity (Wildman–Crippen MR) is 110 cm³/mol. The summed E-state index contributed by atoms with van der Waals surface area (Å²) in [6.07, 6.45) is 0. The fourth-order valence-corrected chi connectivity index (χ4v) is 3.40. The molecular weight excluding hydrogens is 374 g/mol. The SMILES string of the molecule is COc1cccc(-c2nc(SCc3ccc(N(C)N)cc3)[nH]c(=O)c2C#N)c1. The highest BCUT2D eigenvalue weighted by Gasteiger charge is 2.14. The topological polar surface area (TPSA) is 108 Å². The average Bonchev–Trinajstić information content (AvgIpc) is 2.72. The lowest BCUT2D eigenvalue weighted by Crippen LogP contribution is -2.24. The molecule has 0 aliphatic carbocycles. The Balaban J connectivity index is 1.89. The molecule has 3 aromatic rings. The number of benzene rings is 2. The zero-order valence-electron chi connectivity index (χ0n) is 15.5. The molecule has 8 heteroatoms. The number of anilines is 1. The number of aromatic amines is 1. The molecule has 3 N–H and O–H groups in total. The first-order valence-electron chi connectivity index (χ1n) is 8.41. The number of nitriles is 1. The van der Waals surface area contributed by atoms with Crippen LogP contribution in [0.5, 0.6) is 5.75 Å². The van der Waals surface area contributed by atoms with Crippen LogP contribution < -0.4 is 21.1 Å². The van der Waals surface area contributed by atoms with E-state index in [-0.39, 0.29) is 5.56 Å². The number of hydrogen-bond donors (Lipinski definition) is 2. The van der Waals surface area contributed by atoms with Gasteiger partial charge < -0.3 is 14.7 Å². The van der Waals surface area contributed by atoms with Crippen molar-refractivity contribution in [1.29, 1.82) is 5.26 Å². The maximum absolute atomic E-state index is 12.4. The van der Waals surface area contributed by atoms with E-state index in [0.717, 1.165) is 11.3 Å². The Bertz CT molecular complexity index is 1070. The fourth-order valence-electron chi connectivity index (χ4n) is 2.58. The van der Waals surface area contributed by atoms with E-state index in [2.05, 4.69) is 9.97 Å². The Hall–Kier alpha value is -3.28. The lowest BCUT2D eigenvalue weighted by Gasteiger charge is -2.12. The third-order valence-electron chi connectivity index (χ3n) is 4.07. The summed E-state index contributed by atoms with van der Waals surface area (Å²) in [5, 5.41) is 11.4. The Morgan fingerprint density at radius 3 is 2.68 bits per heavy atom. The molecule has 0 fully saturated rings. The summed E-state index contributed by atoms with van der Waals surface area (Å²) in [6.45, 7) is 0. The minimum atomic E-state index is -0.460. The Morgan fingerprint density at radius 2 is 2.04 bits per heavy atom. The van der Waals surface area contributed by atoms with Crippen LogP contribution in [-0.4, -0.2) is 24.1 Å².